The number of fused-ring (bicyclic) bond motifs is 1. The second-order valence-electron chi connectivity index (χ2n) is 10.4. The molecule has 6 rings (SSSR count). The SMILES string of the molecule is C[C@H]1CCCN(Cc2cc(Cl)nc(N3Cc4ccc(-c5ccc(Cl)cc5-c5nncn5C)cc4C3=O)c2)C1. The fraction of sp³-hybridized carbons (Fsp3) is 0.310. The molecule has 1 atom stereocenters. The Morgan fingerprint density at radius 1 is 1.03 bits per heavy atom. The molecule has 4 heterocycles. The summed E-state index contributed by atoms with van der Waals surface area (Å²) in [6.45, 7) is 5.72. The minimum absolute atomic E-state index is 0.0802. The normalized spacial score (nSPS) is 17.7. The number of likely N-dealkylation sites (tertiary alicyclic amines) is 1. The first-order valence-electron chi connectivity index (χ1n) is 12.8. The number of benzene rings is 2. The van der Waals surface area contributed by atoms with Crippen LogP contribution in [-0.4, -0.2) is 43.6 Å². The number of carbonyl (C=O) groups excluding carboxylic acids is 1. The third-order valence-corrected chi connectivity index (χ3v) is 7.85. The summed E-state index contributed by atoms with van der Waals surface area (Å²) >= 11 is 12.8. The molecule has 0 spiro atoms. The number of halogens is 2. The zero-order valence-corrected chi connectivity index (χ0v) is 22.9. The van der Waals surface area contributed by atoms with Gasteiger partial charge in [0.25, 0.3) is 5.91 Å². The van der Waals surface area contributed by atoms with Crippen LogP contribution in [-0.2, 0) is 20.1 Å². The highest BCUT2D eigenvalue weighted by atomic mass is 35.5. The quantitative estimate of drug-likeness (QED) is 0.277. The summed E-state index contributed by atoms with van der Waals surface area (Å²) < 4.78 is 1.85. The number of anilines is 1. The summed E-state index contributed by atoms with van der Waals surface area (Å²) in [6, 6.07) is 15.6. The molecule has 2 aliphatic rings. The van der Waals surface area contributed by atoms with Crippen LogP contribution in [0.1, 0.15) is 41.3 Å². The number of aromatic nitrogens is 4. The Morgan fingerprint density at radius 3 is 2.68 bits per heavy atom. The van der Waals surface area contributed by atoms with Crippen LogP contribution >= 0.6 is 23.2 Å². The molecule has 1 fully saturated rings. The second kappa shape index (κ2) is 10.1. The lowest BCUT2D eigenvalue weighted by molar-refractivity contribution is 0.0996. The van der Waals surface area contributed by atoms with Crippen LogP contribution in [0.3, 0.4) is 0 Å². The van der Waals surface area contributed by atoms with E-state index >= 15 is 0 Å². The molecular weight excluding hydrogens is 519 g/mol. The number of nitrogens with zero attached hydrogens (tertiary/aromatic N) is 6. The molecule has 1 amide bonds. The molecule has 0 bridgehead atoms. The monoisotopic (exact) mass is 546 g/mol. The standard InChI is InChI=1S/C29H28Cl2N6O/c1-18-4-3-9-36(14-18)15-19-10-26(31)33-27(11-19)37-16-21-6-5-20(12-24(21)29(37)38)23-8-7-22(30)13-25(23)28-34-32-17-35(28)2/h5-8,10-13,17-18H,3-4,9,14-16H2,1-2H3/t18-/m0/s1. The maximum absolute atomic E-state index is 13.6. The first-order valence-corrected chi connectivity index (χ1v) is 13.6. The highest BCUT2D eigenvalue weighted by Crippen LogP contribution is 2.37. The zero-order chi connectivity index (χ0) is 26.4. The molecule has 2 aliphatic heterocycles. The Morgan fingerprint density at radius 2 is 1.89 bits per heavy atom. The molecule has 38 heavy (non-hydrogen) atoms. The lowest BCUT2D eigenvalue weighted by Crippen LogP contribution is -2.33. The smallest absolute Gasteiger partial charge is 0.260 e. The summed E-state index contributed by atoms with van der Waals surface area (Å²) in [5.74, 6) is 1.91. The lowest BCUT2D eigenvalue weighted by atomic mass is 9.96. The van der Waals surface area contributed by atoms with E-state index < -0.39 is 0 Å². The molecule has 2 aromatic carbocycles. The van der Waals surface area contributed by atoms with Crippen molar-refractivity contribution in [1.29, 1.82) is 0 Å². The van der Waals surface area contributed by atoms with Crippen LogP contribution in [0.15, 0.2) is 54.9 Å². The van der Waals surface area contributed by atoms with Gasteiger partial charge >= 0.3 is 0 Å². The second-order valence-corrected chi connectivity index (χ2v) is 11.2. The van der Waals surface area contributed by atoms with Gasteiger partial charge in [-0.2, -0.15) is 0 Å². The van der Waals surface area contributed by atoms with Gasteiger partial charge in [0.05, 0.1) is 6.54 Å². The minimum Gasteiger partial charge on any atom is -0.317 e. The Hall–Kier alpha value is -3.26. The molecule has 194 valence electrons. The molecule has 4 aromatic rings. The van der Waals surface area contributed by atoms with E-state index in [0.717, 1.165) is 47.5 Å². The topological polar surface area (TPSA) is 67.2 Å². The van der Waals surface area contributed by atoms with Crippen molar-refractivity contribution in [3.05, 3.63) is 81.7 Å². The van der Waals surface area contributed by atoms with Crippen molar-refractivity contribution in [2.24, 2.45) is 13.0 Å². The average Bonchev–Trinajstić information content (AvgIpc) is 3.46. The van der Waals surface area contributed by atoms with Crippen molar-refractivity contribution < 1.29 is 4.79 Å². The number of amides is 1. The Balaban J connectivity index is 1.30. The van der Waals surface area contributed by atoms with E-state index in [1.165, 1.54) is 12.8 Å². The van der Waals surface area contributed by atoms with Crippen molar-refractivity contribution in [3.8, 4) is 22.5 Å². The number of aryl methyl sites for hydroxylation is 1. The van der Waals surface area contributed by atoms with Crippen molar-refractivity contribution in [2.75, 3.05) is 18.0 Å². The fourth-order valence-electron chi connectivity index (χ4n) is 5.59. The van der Waals surface area contributed by atoms with Gasteiger partial charge in [-0.15, -0.1) is 10.2 Å². The summed E-state index contributed by atoms with van der Waals surface area (Å²) in [5, 5.41) is 9.30. The highest BCUT2D eigenvalue weighted by molar-refractivity contribution is 6.31. The van der Waals surface area contributed by atoms with Crippen LogP contribution in [0.5, 0.6) is 0 Å². The summed E-state index contributed by atoms with van der Waals surface area (Å²) in [5.41, 5.74) is 5.39. The van der Waals surface area contributed by atoms with Crippen molar-refractivity contribution in [1.82, 2.24) is 24.6 Å². The van der Waals surface area contributed by atoms with Gasteiger partial charge in [-0.25, -0.2) is 4.98 Å². The van der Waals surface area contributed by atoms with Crippen LogP contribution in [0, 0.1) is 5.92 Å². The van der Waals surface area contributed by atoms with E-state index in [1.54, 1.807) is 11.2 Å². The van der Waals surface area contributed by atoms with Crippen LogP contribution in [0.2, 0.25) is 10.2 Å². The number of piperidine rings is 1. The molecule has 0 aliphatic carbocycles. The zero-order valence-electron chi connectivity index (χ0n) is 21.4. The van der Waals surface area contributed by atoms with Gasteiger partial charge in [0, 0.05) is 36.3 Å². The predicted molar refractivity (Wildman–Crippen MR) is 150 cm³/mol. The van der Waals surface area contributed by atoms with E-state index in [0.29, 0.717) is 39.8 Å². The van der Waals surface area contributed by atoms with E-state index in [2.05, 4.69) is 27.0 Å². The maximum atomic E-state index is 13.6. The van der Waals surface area contributed by atoms with Gasteiger partial charge in [0.15, 0.2) is 5.82 Å². The number of hydrogen-bond acceptors (Lipinski definition) is 5. The first-order chi connectivity index (χ1) is 18.4. The van der Waals surface area contributed by atoms with E-state index in [-0.39, 0.29) is 5.91 Å². The molecular formula is C29H28Cl2N6O. The molecule has 0 N–H and O–H groups in total. The van der Waals surface area contributed by atoms with Gasteiger partial charge in [-0.05, 0) is 77.9 Å². The Bertz CT molecular complexity index is 1530. The molecule has 0 saturated carbocycles. The lowest BCUT2D eigenvalue weighted by Gasteiger charge is -2.31. The van der Waals surface area contributed by atoms with E-state index in [9.17, 15) is 4.79 Å². The van der Waals surface area contributed by atoms with E-state index in [4.69, 9.17) is 23.2 Å². The average molecular weight is 547 g/mol. The molecule has 0 unspecified atom stereocenters. The largest absolute Gasteiger partial charge is 0.317 e. The third kappa shape index (κ3) is 4.82. The first kappa shape index (κ1) is 25.0. The predicted octanol–water partition coefficient (Wildman–Crippen LogP) is 6.24. The number of rotatable bonds is 5. The maximum Gasteiger partial charge on any atom is 0.260 e. The molecule has 7 nitrogen and oxygen atoms in total. The molecule has 2 aromatic heterocycles. The van der Waals surface area contributed by atoms with Crippen LogP contribution in [0.25, 0.3) is 22.5 Å². The van der Waals surface area contributed by atoms with Gasteiger partial charge in [-0.3, -0.25) is 14.6 Å². The summed E-state index contributed by atoms with van der Waals surface area (Å²) in [4.78, 5) is 22.3. The van der Waals surface area contributed by atoms with Gasteiger partial charge < -0.3 is 4.57 Å². The van der Waals surface area contributed by atoms with Gasteiger partial charge in [-0.1, -0.05) is 48.3 Å². The van der Waals surface area contributed by atoms with Crippen molar-refractivity contribution >= 4 is 34.9 Å². The van der Waals surface area contributed by atoms with Crippen LogP contribution < -0.4 is 4.90 Å². The minimum atomic E-state index is -0.0802. The molecule has 1 saturated heterocycles. The van der Waals surface area contributed by atoms with Gasteiger partial charge in [0.2, 0.25) is 0 Å². The molecule has 0 radical (unpaired) electrons. The fourth-order valence-corrected chi connectivity index (χ4v) is 5.99. The van der Waals surface area contributed by atoms with Crippen LogP contribution in [0.4, 0.5) is 5.82 Å². The van der Waals surface area contributed by atoms with Gasteiger partial charge in [0.1, 0.15) is 17.3 Å². The number of carbonyl (C=O) groups is 1. The number of hydrogen-bond donors (Lipinski definition) is 0. The molecule has 9 heteroatoms. The van der Waals surface area contributed by atoms with Crippen molar-refractivity contribution in [2.45, 2.75) is 32.9 Å². The highest BCUT2D eigenvalue weighted by Gasteiger charge is 2.31. The summed E-state index contributed by atoms with van der Waals surface area (Å²) in [7, 11) is 1.89. The van der Waals surface area contributed by atoms with Crippen molar-refractivity contribution in [3.63, 3.8) is 0 Å². The third-order valence-electron chi connectivity index (χ3n) is 7.42. The van der Waals surface area contributed by atoms with E-state index in [1.807, 2.05) is 60.1 Å². The Labute approximate surface area is 232 Å². The Kier molecular flexibility index (Phi) is 6.68. The number of pyridine rings is 1. The summed E-state index contributed by atoms with van der Waals surface area (Å²) in [6.07, 6.45) is 4.14.